The molecule has 0 amide bonds. The standard InChI is InChI=1S/C20H23ClN2O2S2/c1-25-19(24)17-14-9-4-2-3-5-11-16(14)27-18(17)23-20(26)22-12-13-8-6-7-10-15(13)21/h6-8,10H,2-5,9,11-12H2,1H3,(H2,22,23,26). The number of methoxy groups -OCH3 is 1. The van der Waals surface area contributed by atoms with E-state index in [1.165, 1.54) is 24.8 Å². The fourth-order valence-corrected chi connectivity index (χ4v) is 5.01. The van der Waals surface area contributed by atoms with Gasteiger partial charge in [0.25, 0.3) is 0 Å². The fraction of sp³-hybridized carbons (Fsp3) is 0.400. The summed E-state index contributed by atoms with van der Waals surface area (Å²) in [7, 11) is 1.42. The Bertz CT molecular complexity index is 835. The zero-order chi connectivity index (χ0) is 19.2. The van der Waals surface area contributed by atoms with Gasteiger partial charge >= 0.3 is 5.97 Å². The average molecular weight is 423 g/mol. The summed E-state index contributed by atoms with van der Waals surface area (Å²) < 4.78 is 5.05. The van der Waals surface area contributed by atoms with Crippen LogP contribution < -0.4 is 10.6 Å². The number of benzene rings is 1. The largest absolute Gasteiger partial charge is 0.465 e. The minimum atomic E-state index is -0.301. The van der Waals surface area contributed by atoms with Crippen LogP contribution in [0.2, 0.25) is 5.02 Å². The van der Waals surface area contributed by atoms with Crippen LogP contribution in [0.5, 0.6) is 0 Å². The highest BCUT2D eigenvalue weighted by atomic mass is 35.5. The second kappa shape index (κ2) is 9.53. The van der Waals surface area contributed by atoms with E-state index in [-0.39, 0.29) is 5.97 Å². The third kappa shape index (κ3) is 5.00. The Kier molecular flexibility index (Phi) is 7.10. The van der Waals surface area contributed by atoms with Gasteiger partial charge in [0, 0.05) is 16.4 Å². The number of thiocarbonyl (C=S) groups is 1. The summed E-state index contributed by atoms with van der Waals surface area (Å²) in [5.74, 6) is -0.301. The summed E-state index contributed by atoms with van der Waals surface area (Å²) in [6.07, 6.45) is 6.62. The van der Waals surface area contributed by atoms with E-state index in [2.05, 4.69) is 10.6 Å². The van der Waals surface area contributed by atoms with Crippen molar-refractivity contribution in [2.45, 2.75) is 45.1 Å². The van der Waals surface area contributed by atoms with E-state index < -0.39 is 0 Å². The molecule has 0 atom stereocenters. The molecule has 7 heteroatoms. The van der Waals surface area contributed by atoms with Gasteiger partial charge in [-0.1, -0.05) is 42.6 Å². The molecule has 0 fully saturated rings. The molecule has 0 aliphatic heterocycles. The van der Waals surface area contributed by atoms with Crippen LogP contribution in [0.15, 0.2) is 24.3 Å². The smallest absolute Gasteiger partial charge is 0.341 e. The molecule has 144 valence electrons. The van der Waals surface area contributed by atoms with E-state index >= 15 is 0 Å². The number of hydrogen-bond donors (Lipinski definition) is 2. The molecule has 1 heterocycles. The number of fused-ring (bicyclic) bond motifs is 1. The summed E-state index contributed by atoms with van der Waals surface area (Å²) in [4.78, 5) is 13.7. The molecule has 0 saturated heterocycles. The van der Waals surface area contributed by atoms with E-state index in [0.717, 1.165) is 41.8 Å². The lowest BCUT2D eigenvalue weighted by atomic mass is 9.96. The molecule has 0 spiro atoms. The molecule has 2 N–H and O–H groups in total. The first-order valence-corrected chi connectivity index (χ1v) is 10.7. The van der Waals surface area contributed by atoms with Crippen LogP contribution in [0, 0.1) is 0 Å². The number of esters is 1. The van der Waals surface area contributed by atoms with Crippen LogP contribution in [0.3, 0.4) is 0 Å². The normalized spacial score (nSPS) is 13.9. The first-order chi connectivity index (χ1) is 13.1. The number of nitrogens with one attached hydrogen (secondary N) is 2. The highest BCUT2D eigenvalue weighted by Crippen LogP contribution is 2.37. The summed E-state index contributed by atoms with van der Waals surface area (Å²) in [5, 5.41) is 8.31. The topological polar surface area (TPSA) is 50.4 Å². The van der Waals surface area contributed by atoms with Crippen LogP contribution in [-0.4, -0.2) is 18.2 Å². The maximum atomic E-state index is 12.4. The predicted octanol–water partition coefficient (Wildman–Crippen LogP) is 5.33. The Hall–Kier alpha value is -1.63. The minimum absolute atomic E-state index is 0.301. The van der Waals surface area contributed by atoms with Gasteiger partial charge in [-0.15, -0.1) is 11.3 Å². The van der Waals surface area contributed by atoms with Gasteiger partial charge in [-0.3, -0.25) is 0 Å². The van der Waals surface area contributed by atoms with E-state index in [1.54, 1.807) is 11.3 Å². The number of hydrogen-bond acceptors (Lipinski definition) is 4. The second-order valence-electron chi connectivity index (χ2n) is 6.51. The highest BCUT2D eigenvalue weighted by Gasteiger charge is 2.25. The van der Waals surface area contributed by atoms with Crippen LogP contribution in [0.25, 0.3) is 0 Å². The molecule has 1 aromatic heterocycles. The number of carbonyl (C=O) groups excluding carboxylic acids is 1. The molecule has 0 radical (unpaired) electrons. The van der Waals surface area contributed by atoms with Crippen molar-refractivity contribution in [2.75, 3.05) is 12.4 Å². The summed E-state index contributed by atoms with van der Waals surface area (Å²) in [6.45, 7) is 0.518. The Morgan fingerprint density at radius 3 is 2.70 bits per heavy atom. The third-order valence-corrected chi connectivity index (χ3v) is 6.51. The zero-order valence-electron chi connectivity index (χ0n) is 15.3. The maximum absolute atomic E-state index is 12.4. The Morgan fingerprint density at radius 1 is 1.22 bits per heavy atom. The third-order valence-electron chi connectivity index (χ3n) is 4.69. The van der Waals surface area contributed by atoms with Crippen molar-refractivity contribution in [3.8, 4) is 0 Å². The van der Waals surface area contributed by atoms with Crippen molar-refractivity contribution in [1.82, 2.24) is 5.32 Å². The lowest BCUT2D eigenvalue weighted by Crippen LogP contribution is -2.28. The van der Waals surface area contributed by atoms with Gasteiger partial charge in [-0.05, 0) is 55.1 Å². The highest BCUT2D eigenvalue weighted by molar-refractivity contribution is 7.80. The molecule has 3 rings (SSSR count). The molecular formula is C20H23ClN2O2S2. The zero-order valence-corrected chi connectivity index (χ0v) is 17.7. The maximum Gasteiger partial charge on any atom is 0.341 e. The van der Waals surface area contributed by atoms with Gasteiger partial charge in [0.2, 0.25) is 0 Å². The molecule has 1 aliphatic rings. The molecule has 0 unspecified atom stereocenters. The Morgan fingerprint density at radius 2 is 1.96 bits per heavy atom. The molecule has 27 heavy (non-hydrogen) atoms. The van der Waals surface area contributed by atoms with Gasteiger partial charge in [-0.2, -0.15) is 0 Å². The van der Waals surface area contributed by atoms with Crippen molar-refractivity contribution in [1.29, 1.82) is 0 Å². The van der Waals surface area contributed by atoms with Crippen molar-refractivity contribution in [3.63, 3.8) is 0 Å². The molecule has 4 nitrogen and oxygen atoms in total. The summed E-state index contributed by atoms with van der Waals surface area (Å²) in [5.41, 5.74) is 2.74. The first kappa shape index (κ1) is 20.1. The van der Waals surface area contributed by atoms with Crippen molar-refractivity contribution < 1.29 is 9.53 Å². The van der Waals surface area contributed by atoms with Gasteiger partial charge in [-0.25, -0.2) is 4.79 Å². The Labute approximate surface area is 174 Å². The number of aryl methyl sites for hydroxylation is 1. The van der Waals surface area contributed by atoms with Crippen molar-refractivity contribution in [3.05, 3.63) is 50.9 Å². The summed E-state index contributed by atoms with van der Waals surface area (Å²) >= 11 is 13.3. The van der Waals surface area contributed by atoms with E-state index in [1.807, 2.05) is 24.3 Å². The van der Waals surface area contributed by atoms with Gasteiger partial charge in [0.15, 0.2) is 5.11 Å². The van der Waals surface area contributed by atoms with Crippen LogP contribution >= 0.6 is 35.2 Å². The Balaban J connectivity index is 1.76. The lowest BCUT2D eigenvalue weighted by molar-refractivity contribution is 0.0601. The van der Waals surface area contributed by atoms with Crippen molar-refractivity contribution in [2.24, 2.45) is 0 Å². The van der Waals surface area contributed by atoms with Gasteiger partial charge in [0.1, 0.15) is 5.00 Å². The number of thiophene rings is 1. The molecule has 1 aliphatic carbocycles. The number of anilines is 1. The molecule has 0 bridgehead atoms. The monoisotopic (exact) mass is 422 g/mol. The van der Waals surface area contributed by atoms with Gasteiger partial charge in [0.05, 0.1) is 12.7 Å². The second-order valence-corrected chi connectivity index (χ2v) is 8.43. The van der Waals surface area contributed by atoms with E-state index in [9.17, 15) is 4.79 Å². The number of halogens is 1. The number of carbonyl (C=O) groups is 1. The van der Waals surface area contributed by atoms with Crippen LogP contribution in [-0.2, 0) is 24.1 Å². The lowest BCUT2D eigenvalue weighted by Gasteiger charge is -2.12. The molecule has 0 saturated carbocycles. The molecular weight excluding hydrogens is 400 g/mol. The van der Waals surface area contributed by atoms with E-state index in [0.29, 0.717) is 22.2 Å². The average Bonchev–Trinajstić information content (AvgIpc) is 2.96. The molecule has 2 aromatic rings. The van der Waals surface area contributed by atoms with E-state index in [4.69, 9.17) is 28.6 Å². The van der Waals surface area contributed by atoms with Crippen LogP contribution in [0.1, 0.15) is 52.0 Å². The summed E-state index contributed by atoms with van der Waals surface area (Å²) in [6, 6.07) is 7.64. The quantitative estimate of drug-likeness (QED) is 0.514. The number of ether oxygens (including phenoxy) is 1. The number of rotatable bonds is 4. The molecule has 1 aromatic carbocycles. The van der Waals surface area contributed by atoms with Crippen molar-refractivity contribution >= 4 is 51.2 Å². The SMILES string of the molecule is COC(=O)c1c(NC(=S)NCc2ccccc2Cl)sc2c1CCCCCC2. The van der Waals surface area contributed by atoms with Crippen LogP contribution in [0.4, 0.5) is 5.00 Å². The predicted molar refractivity (Wildman–Crippen MR) is 116 cm³/mol. The minimum Gasteiger partial charge on any atom is -0.465 e. The van der Waals surface area contributed by atoms with Gasteiger partial charge < -0.3 is 15.4 Å². The fourth-order valence-electron chi connectivity index (χ4n) is 3.29. The first-order valence-electron chi connectivity index (χ1n) is 9.11.